The summed E-state index contributed by atoms with van der Waals surface area (Å²) in [5.41, 5.74) is 1.54. The van der Waals surface area contributed by atoms with E-state index in [1.54, 1.807) is 17.4 Å². The van der Waals surface area contributed by atoms with E-state index in [4.69, 9.17) is 11.6 Å². The molecule has 0 amide bonds. The molecule has 20 heavy (non-hydrogen) atoms. The van der Waals surface area contributed by atoms with Crippen LogP contribution in [-0.2, 0) is 6.54 Å². The third-order valence-electron chi connectivity index (χ3n) is 3.04. The first-order chi connectivity index (χ1) is 9.54. The first-order valence-electron chi connectivity index (χ1n) is 6.08. The monoisotopic (exact) mass is 372 g/mol. The molecular formula is C14H11BrClFN2S. The number of nitrogens with zero attached hydrogens (tertiary/aromatic N) is 2. The highest BCUT2D eigenvalue weighted by Crippen LogP contribution is 2.29. The quantitative estimate of drug-likeness (QED) is 0.566. The Labute approximate surface area is 133 Å². The van der Waals surface area contributed by atoms with Gasteiger partial charge in [-0.15, -0.1) is 22.9 Å². The maximum atomic E-state index is 13.5. The third-order valence-corrected chi connectivity index (χ3v) is 4.84. The molecule has 0 bridgehead atoms. The van der Waals surface area contributed by atoms with Crippen molar-refractivity contribution in [2.45, 2.75) is 18.8 Å². The first kappa shape index (κ1) is 14.0. The number of imidazole rings is 1. The topological polar surface area (TPSA) is 17.8 Å². The predicted octanol–water partition coefficient (Wildman–Crippen LogP) is 5.35. The number of fused-ring (bicyclic) bond motifs is 1. The Bertz CT molecular complexity index is 766. The van der Waals surface area contributed by atoms with Gasteiger partial charge in [-0.2, -0.15) is 0 Å². The van der Waals surface area contributed by atoms with Crippen LogP contribution < -0.4 is 0 Å². The summed E-state index contributed by atoms with van der Waals surface area (Å²) < 4.78 is 16.5. The van der Waals surface area contributed by atoms with Crippen LogP contribution in [0.1, 0.15) is 23.0 Å². The highest BCUT2D eigenvalue weighted by atomic mass is 79.9. The smallest absolute Gasteiger partial charge is 0.128 e. The Hall–Kier alpha value is -0.910. The maximum Gasteiger partial charge on any atom is 0.128 e. The fourth-order valence-corrected chi connectivity index (χ4v) is 3.82. The molecule has 3 rings (SSSR count). The highest BCUT2D eigenvalue weighted by molar-refractivity contribution is 9.11. The molecule has 1 aromatic carbocycles. The van der Waals surface area contributed by atoms with Crippen molar-refractivity contribution in [2.75, 3.05) is 0 Å². The van der Waals surface area contributed by atoms with E-state index in [1.807, 2.05) is 23.6 Å². The lowest BCUT2D eigenvalue weighted by atomic mass is 10.3. The summed E-state index contributed by atoms with van der Waals surface area (Å²) in [6.45, 7) is 2.52. The van der Waals surface area contributed by atoms with E-state index in [1.165, 1.54) is 17.0 Å². The number of halogens is 3. The zero-order valence-corrected chi connectivity index (χ0v) is 13.8. The summed E-state index contributed by atoms with van der Waals surface area (Å²) >= 11 is 11.3. The zero-order chi connectivity index (χ0) is 14.3. The van der Waals surface area contributed by atoms with Crippen LogP contribution in [0.5, 0.6) is 0 Å². The molecule has 0 saturated carbocycles. The summed E-state index contributed by atoms with van der Waals surface area (Å²) in [4.78, 5) is 5.68. The Morgan fingerprint density at radius 1 is 1.40 bits per heavy atom. The molecule has 0 saturated heterocycles. The molecule has 0 fully saturated rings. The lowest BCUT2D eigenvalue weighted by Crippen LogP contribution is -2.04. The number of rotatable bonds is 3. The van der Waals surface area contributed by atoms with E-state index in [0.717, 1.165) is 20.6 Å². The van der Waals surface area contributed by atoms with Crippen LogP contribution in [-0.4, -0.2) is 9.55 Å². The summed E-state index contributed by atoms with van der Waals surface area (Å²) in [7, 11) is 0. The Morgan fingerprint density at radius 3 is 2.85 bits per heavy atom. The van der Waals surface area contributed by atoms with Gasteiger partial charge in [-0.25, -0.2) is 9.37 Å². The number of thiophene rings is 1. The minimum absolute atomic E-state index is 0.228. The molecule has 1 unspecified atom stereocenters. The van der Waals surface area contributed by atoms with Crippen molar-refractivity contribution in [3.8, 4) is 0 Å². The van der Waals surface area contributed by atoms with Crippen molar-refractivity contribution in [3.05, 3.63) is 50.6 Å². The molecule has 2 heterocycles. The normalized spacial score (nSPS) is 13.0. The molecule has 3 aromatic rings. The van der Waals surface area contributed by atoms with Crippen molar-refractivity contribution >= 4 is 49.9 Å². The number of hydrogen-bond donors (Lipinski definition) is 0. The summed E-state index contributed by atoms with van der Waals surface area (Å²) in [5.74, 6) is 0.497. The van der Waals surface area contributed by atoms with Crippen molar-refractivity contribution in [1.29, 1.82) is 0 Å². The SMILES string of the molecule is CC(Cl)c1nc2ccc(F)cc2n1Cc1ccc(Br)s1. The van der Waals surface area contributed by atoms with Gasteiger partial charge in [0.25, 0.3) is 0 Å². The largest absolute Gasteiger partial charge is 0.321 e. The number of alkyl halides is 1. The van der Waals surface area contributed by atoms with E-state index in [0.29, 0.717) is 6.54 Å². The summed E-state index contributed by atoms with van der Waals surface area (Å²) in [6.07, 6.45) is 0. The fraction of sp³-hybridized carbons (Fsp3) is 0.214. The second-order valence-electron chi connectivity index (χ2n) is 4.51. The van der Waals surface area contributed by atoms with Crippen molar-refractivity contribution in [2.24, 2.45) is 0 Å². The molecule has 0 N–H and O–H groups in total. The van der Waals surface area contributed by atoms with Crippen LogP contribution in [0.4, 0.5) is 4.39 Å². The van der Waals surface area contributed by atoms with Gasteiger partial charge >= 0.3 is 0 Å². The lowest BCUT2D eigenvalue weighted by Gasteiger charge is -2.09. The second kappa shape index (κ2) is 5.47. The average molecular weight is 374 g/mol. The van der Waals surface area contributed by atoms with Crippen LogP contribution in [0.25, 0.3) is 11.0 Å². The van der Waals surface area contributed by atoms with E-state index in [9.17, 15) is 4.39 Å². The molecule has 1 atom stereocenters. The Balaban J connectivity index is 2.15. The molecule has 0 aliphatic heterocycles. The van der Waals surface area contributed by atoms with Crippen LogP contribution in [0.15, 0.2) is 34.1 Å². The molecule has 2 nitrogen and oxygen atoms in total. The van der Waals surface area contributed by atoms with Crippen LogP contribution in [0.3, 0.4) is 0 Å². The molecule has 0 radical (unpaired) electrons. The standard InChI is InChI=1S/C14H11BrClFN2S/c1-8(16)14-18-11-4-2-9(17)6-12(11)19(14)7-10-3-5-13(15)20-10/h2-6,8H,7H2,1H3. The van der Waals surface area contributed by atoms with E-state index in [-0.39, 0.29) is 11.2 Å². The number of hydrogen-bond acceptors (Lipinski definition) is 2. The second-order valence-corrected chi connectivity index (χ2v) is 7.71. The van der Waals surface area contributed by atoms with E-state index >= 15 is 0 Å². The Kier molecular flexibility index (Phi) is 3.84. The zero-order valence-electron chi connectivity index (χ0n) is 10.6. The van der Waals surface area contributed by atoms with Gasteiger partial charge in [0.1, 0.15) is 11.6 Å². The van der Waals surface area contributed by atoms with Gasteiger partial charge in [-0.1, -0.05) is 0 Å². The number of aromatic nitrogens is 2. The van der Waals surface area contributed by atoms with Crippen molar-refractivity contribution in [1.82, 2.24) is 9.55 Å². The van der Waals surface area contributed by atoms with Gasteiger partial charge in [0.05, 0.1) is 26.7 Å². The Morgan fingerprint density at radius 2 is 2.20 bits per heavy atom. The fourth-order valence-electron chi connectivity index (χ4n) is 2.18. The van der Waals surface area contributed by atoms with Gasteiger partial charge in [0.2, 0.25) is 0 Å². The van der Waals surface area contributed by atoms with Gasteiger partial charge in [-0.05, 0) is 53.2 Å². The van der Waals surface area contributed by atoms with Crippen LogP contribution in [0.2, 0.25) is 0 Å². The van der Waals surface area contributed by atoms with Crippen LogP contribution in [0, 0.1) is 5.82 Å². The van der Waals surface area contributed by atoms with Crippen molar-refractivity contribution in [3.63, 3.8) is 0 Å². The number of benzene rings is 1. The third kappa shape index (κ3) is 2.62. The minimum atomic E-state index is -0.264. The molecule has 0 aliphatic carbocycles. The van der Waals surface area contributed by atoms with Crippen molar-refractivity contribution < 1.29 is 4.39 Å². The van der Waals surface area contributed by atoms with E-state index < -0.39 is 0 Å². The van der Waals surface area contributed by atoms with Crippen LogP contribution >= 0.6 is 38.9 Å². The van der Waals surface area contributed by atoms with E-state index in [2.05, 4.69) is 20.9 Å². The molecule has 104 valence electrons. The predicted molar refractivity (Wildman–Crippen MR) is 85.1 cm³/mol. The van der Waals surface area contributed by atoms with Gasteiger partial charge in [0, 0.05) is 4.88 Å². The molecule has 2 aromatic heterocycles. The minimum Gasteiger partial charge on any atom is -0.321 e. The van der Waals surface area contributed by atoms with Gasteiger partial charge < -0.3 is 4.57 Å². The maximum absolute atomic E-state index is 13.5. The first-order valence-corrected chi connectivity index (χ1v) is 8.13. The van der Waals surface area contributed by atoms with Gasteiger partial charge in [-0.3, -0.25) is 0 Å². The molecular weight excluding hydrogens is 363 g/mol. The summed E-state index contributed by atoms with van der Waals surface area (Å²) in [5, 5.41) is -0.228. The molecule has 0 spiro atoms. The van der Waals surface area contributed by atoms with Gasteiger partial charge in [0.15, 0.2) is 0 Å². The molecule has 0 aliphatic rings. The average Bonchev–Trinajstić information content (AvgIpc) is 2.95. The highest BCUT2D eigenvalue weighted by Gasteiger charge is 2.16. The summed E-state index contributed by atoms with van der Waals surface area (Å²) in [6, 6.07) is 8.66. The molecule has 6 heteroatoms. The lowest BCUT2D eigenvalue weighted by molar-refractivity contribution is 0.628.